The fourth-order valence-electron chi connectivity index (χ4n) is 2.34. The number of nitrogens with two attached hydrogens (primary N) is 1. The first-order valence-corrected chi connectivity index (χ1v) is 8.19. The number of ether oxygens (including phenoxy) is 1. The summed E-state index contributed by atoms with van der Waals surface area (Å²) in [4.78, 5) is 22.1. The summed E-state index contributed by atoms with van der Waals surface area (Å²) in [7, 11) is 1.59. The Hall–Kier alpha value is -1.18. The molecule has 0 aliphatic carbocycles. The van der Waals surface area contributed by atoms with Gasteiger partial charge in [0.2, 0.25) is 5.91 Å². The van der Waals surface area contributed by atoms with E-state index in [0.29, 0.717) is 13.0 Å². The number of anilines is 1. The minimum Gasteiger partial charge on any atom is -0.380 e. The second kappa shape index (κ2) is 7.72. The first-order valence-electron chi connectivity index (χ1n) is 7.38. The second-order valence-electron chi connectivity index (χ2n) is 5.13. The normalized spacial score (nSPS) is 17.1. The van der Waals surface area contributed by atoms with Gasteiger partial charge in [0.15, 0.2) is 5.13 Å². The molecular weight excluding hydrogens is 288 g/mol. The number of carbonyl (C=O) groups is 1. The molecule has 0 radical (unpaired) electrons. The molecule has 2 heterocycles. The third-order valence-corrected chi connectivity index (χ3v) is 4.99. The first-order chi connectivity index (χ1) is 10.2. The van der Waals surface area contributed by atoms with Gasteiger partial charge in [0.05, 0.1) is 12.5 Å². The van der Waals surface area contributed by atoms with Crippen LogP contribution in [0.15, 0.2) is 6.20 Å². The van der Waals surface area contributed by atoms with Gasteiger partial charge in [0.1, 0.15) is 0 Å². The van der Waals surface area contributed by atoms with Crippen LogP contribution in [-0.4, -0.2) is 61.7 Å². The molecular formula is C14H24N4O2S. The number of rotatable bonds is 6. The van der Waals surface area contributed by atoms with Gasteiger partial charge in [-0.3, -0.25) is 4.79 Å². The fraction of sp³-hybridized carbons (Fsp3) is 0.714. The fourth-order valence-corrected chi connectivity index (χ4v) is 3.24. The molecule has 0 saturated carbocycles. The monoisotopic (exact) mass is 312 g/mol. The lowest BCUT2D eigenvalue weighted by atomic mass is 10.2. The van der Waals surface area contributed by atoms with Crippen LogP contribution in [0.1, 0.15) is 18.2 Å². The Kier molecular flexibility index (Phi) is 5.96. The number of hydrogen-bond acceptors (Lipinski definition) is 6. The molecule has 0 spiro atoms. The summed E-state index contributed by atoms with van der Waals surface area (Å²) in [5.41, 5.74) is 5.56. The Morgan fingerprint density at radius 1 is 1.48 bits per heavy atom. The van der Waals surface area contributed by atoms with Crippen LogP contribution in [0.4, 0.5) is 5.13 Å². The molecule has 2 rings (SSSR count). The smallest absolute Gasteiger partial charge is 0.225 e. The number of aromatic nitrogens is 1. The van der Waals surface area contributed by atoms with Crippen molar-refractivity contribution < 1.29 is 9.53 Å². The highest BCUT2D eigenvalue weighted by Crippen LogP contribution is 2.24. The minimum absolute atomic E-state index is 0.125. The molecule has 1 amide bonds. The van der Waals surface area contributed by atoms with Gasteiger partial charge >= 0.3 is 0 Å². The van der Waals surface area contributed by atoms with Gasteiger partial charge in [-0.05, 0) is 6.42 Å². The van der Waals surface area contributed by atoms with Crippen LogP contribution in [0.5, 0.6) is 0 Å². The van der Waals surface area contributed by atoms with Crippen molar-refractivity contribution in [2.75, 3.05) is 44.7 Å². The topological polar surface area (TPSA) is 71.7 Å². The summed E-state index contributed by atoms with van der Waals surface area (Å²) in [6, 6.07) is 0. The van der Waals surface area contributed by atoms with Crippen molar-refractivity contribution in [3.05, 3.63) is 11.1 Å². The summed E-state index contributed by atoms with van der Waals surface area (Å²) in [5.74, 6) is 0.125. The molecule has 21 heavy (non-hydrogen) atoms. The van der Waals surface area contributed by atoms with Crippen molar-refractivity contribution in [2.24, 2.45) is 5.73 Å². The maximum atomic E-state index is 12.2. The number of piperazine rings is 1. The lowest BCUT2D eigenvalue weighted by Crippen LogP contribution is -2.49. The molecule has 2 N–H and O–H groups in total. The van der Waals surface area contributed by atoms with Crippen molar-refractivity contribution in [2.45, 2.75) is 25.9 Å². The molecule has 118 valence electrons. The third-order valence-electron chi connectivity index (χ3n) is 3.79. The maximum Gasteiger partial charge on any atom is 0.225 e. The zero-order valence-corrected chi connectivity index (χ0v) is 13.6. The van der Waals surface area contributed by atoms with Gasteiger partial charge in [-0.2, -0.15) is 0 Å². The molecule has 1 aliphatic rings. The van der Waals surface area contributed by atoms with E-state index in [1.807, 2.05) is 11.1 Å². The second-order valence-corrected chi connectivity index (χ2v) is 6.22. The van der Waals surface area contributed by atoms with Crippen molar-refractivity contribution >= 4 is 22.4 Å². The van der Waals surface area contributed by atoms with Gasteiger partial charge in [-0.1, -0.05) is 6.92 Å². The number of methoxy groups -OCH3 is 1. The molecule has 0 aromatic carbocycles. The zero-order valence-electron chi connectivity index (χ0n) is 12.7. The molecule has 7 heteroatoms. The molecule has 1 aliphatic heterocycles. The predicted molar refractivity (Wildman–Crippen MR) is 84.8 cm³/mol. The van der Waals surface area contributed by atoms with Gasteiger partial charge < -0.3 is 20.3 Å². The third kappa shape index (κ3) is 4.15. The van der Waals surface area contributed by atoms with Crippen molar-refractivity contribution in [3.8, 4) is 0 Å². The van der Waals surface area contributed by atoms with E-state index in [1.165, 1.54) is 4.88 Å². The van der Waals surface area contributed by atoms with Crippen LogP contribution < -0.4 is 10.6 Å². The molecule has 1 fully saturated rings. The number of hydrogen-bond donors (Lipinski definition) is 1. The Balaban J connectivity index is 1.83. The van der Waals surface area contributed by atoms with E-state index < -0.39 is 0 Å². The summed E-state index contributed by atoms with van der Waals surface area (Å²) >= 11 is 1.74. The van der Waals surface area contributed by atoms with Crippen LogP contribution >= 0.6 is 11.3 Å². The highest BCUT2D eigenvalue weighted by Gasteiger charge is 2.24. The number of carbonyl (C=O) groups excluding carboxylic acids is 1. The minimum atomic E-state index is -0.179. The largest absolute Gasteiger partial charge is 0.380 e. The van der Waals surface area contributed by atoms with E-state index in [0.717, 1.165) is 37.7 Å². The first kappa shape index (κ1) is 16.2. The molecule has 1 aromatic heterocycles. The molecule has 0 bridgehead atoms. The number of thiazole rings is 1. The molecule has 1 saturated heterocycles. The van der Waals surface area contributed by atoms with E-state index in [1.54, 1.807) is 18.4 Å². The summed E-state index contributed by atoms with van der Waals surface area (Å²) in [6.45, 7) is 5.66. The molecule has 6 nitrogen and oxygen atoms in total. The Morgan fingerprint density at radius 2 is 2.19 bits per heavy atom. The number of amides is 1. The van der Waals surface area contributed by atoms with E-state index in [-0.39, 0.29) is 12.0 Å². The lowest BCUT2D eigenvalue weighted by Gasteiger charge is -2.35. The number of aryl methyl sites for hydroxylation is 1. The van der Waals surface area contributed by atoms with E-state index >= 15 is 0 Å². The molecule has 1 unspecified atom stereocenters. The summed E-state index contributed by atoms with van der Waals surface area (Å²) in [6.07, 6.45) is 3.15. The lowest BCUT2D eigenvalue weighted by molar-refractivity contribution is -0.133. The number of nitrogens with zero attached hydrogens (tertiary/aromatic N) is 3. The van der Waals surface area contributed by atoms with Crippen LogP contribution in [0.25, 0.3) is 0 Å². The van der Waals surface area contributed by atoms with Gasteiger partial charge in [0, 0.05) is 50.9 Å². The summed E-state index contributed by atoms with van der Waals surface area (Å²) in [5, 5.41) is 1.07. The summed E-state index contributed by atoms with van der Waals surface area (Å²) < 4.78 is 5.18. The molecule has 1 atom stereocenters. The average molecular weight is 312 g/mol. The standard InChI is InChI=1S/C14H24N4O2S/c1-3-12-10-16-14(21-12)18-6-4-17(5-7-18)13(19)8-11(9-15)20-2/h10-11H,3-9,15H2,1-2H3. The average Bonchev–Trinajstić information content (AvgIpc) is 3.01. The SMILES string of the molecule is CCc1cnc(N2CCN(C(=O)CC(CN)OC)CC2)s1. The van der Waals surface area contributed by atoms with Crippen molar-refractivity contribution in [1.29, 1.82) is 0 Å². The van der Waals surface area contributed by atoms with Gasteiger partial charge in [0.25, 0.3) is 0 Å². The van der Waals surface area contributed by atoms with Gasteiger partial charge in [-0.25, -0.2) is 4.98 Å². The highest BCUT2D eigenvalue weighted by atomic mass is 32.1. The van der Waals surface area contributed by atoms with Crippen molar-refractivity contribution in [1.82, 2.24) is 9.88 Å². The Morgan fingerprint density at radius 3 is 2.71 bits per heavy atom. The Bertz CT molecular complexity index is 454. The predicted octanol–water partition coefficient (Wildman–Crippen LogP) is 0.718. The molecule has 1 aromatic rings. The van der Waals surface area contributed by atoms with Crippen LogP contribution in [-0.2, 0) is 16.0 Å². The van der Waals surface area contributed by atoms with E-state index in [2.05, 4.69) is 16.8 Å². The van der Waals surface area contributed by atoms with Gasteiger partial charge in [-0.15, -0.1) is 11.3 Å². The van der Waals surface area contributed by atoms with Crippen LogP contribution in [0.2, 0.25) is 0 Å². The maximum absolute atomic E-state index is 12.2. The van der Waals surface area contributed by atoms with E-state index in [9.17, 15) is 4.79 Å². The van der Waals surface area contributed by atoms with Crippen LogP contribution in [0, 0.1) is 0 Å². The zero-order chi connectivity index (χ0) is 15.2. The van der Waals surface area contributed by atoms with E-state index in [4.69, 9.17) is 10.5 Å². The van der Waals surface area contributed by atoms with Crippen molar-refractivity contribution in [3.63, 3.8) is 0 Å². The van der Waals surface area contributed by atoms with Crippen LogP contribution in [0.3, 0.4) is 0 Å². The Labute approximate surface area is 129 Å². The highest BCUT2D eigenvalue weighted by molar-refractivity contribution is 7.15. The quantitative estimate of drug-likeness (QED) is 0.838.